The average Bonchev–Trinajstić information content (AvgIpc) is 3.02. The van der Waals surface area contributed by atoms with Gasteiger partial charge in [-0.15, -0.1) is 0 Å². The first-order valence-corrected chi connectivity index (χ1v) is 12.6. The number of alkyl halides is 1. The molecule has 0 unspecified atom stereocenters. The van der Waals surface area contributed by atoms with Crippen LogP contribution in [0.3, 0.4) is 0 Å². The molecule has 1 nitrogen and oxygen atoms in total. The summed E-state index contributed by atoms with van der Waals surface area (Å²) in [7, 11) is 0. The molecule has 34 heavy (non-hydrogen) atoms. The van der Waals surface area contributed by atoms with Crippen molar-refractivity contribution in [3.8, 4) is 0 Å². The summed E-state index contributed by atoms with van der Waals surface area (Å²) in [5.74, 6) is 0.518. The fraction of sp³-hybridized carbons (Fsp3) is 0.355. The topological polar surface area (TPSA) is 3.24 Å². The Bertz CT molecular complexity index is 1170. The smallest absolute Gasteiger partial charge is 0.126 e. The van der Waals surface area contributed by atoms with E-state index in [0.717, 1.165) is 50.9 Å². The Morgan fingerprint density at radius 1 is 0.912 bits per heavy atom. The summed E-state index contributed by atoms with van der Waals surface area (Å²) < 4.78 is 26.4. The Labute approximate surface area is 202 Å². The predicted octanol–water partition coefficient (Wildman–Crippen LogP) is 7.26. The molecule has 1 aliphatic heterocycles. The molecule has 1 fully saturated rings. The number of allylic oxidation sites excluding steroid dienone is 1. The molecule has 3 heteroatoms. The summed E-state index contributed by atoms with van der Waals surface area (Å²) in [4.78, 5) is 2.35. The van der Waals surface area contributed by atoms with Gasteiger partial charge >= 0.3 is 0 Å². The van der Waals surface area contributed by atoms with Gasteiger partial charge in [-0.05, 0) is 102 Å². The second kappa shape index (κ2) is 10.2. The number of fused-ring (bicyclic) bond motifs is 1. The van der Waals surface area contributed by atoms with Crippen molar-refractivity contribution < 1.29 is 8.78 Å². The van der Waals surface area contributed by atoms with Crippen molar-refractivity contribution in [2.24, 2.45) is 5.92 Å². The normalized spacial score (nSPS) is 16.8. The lowest BCUT2D eigenvalue weighted by Crippen LogP contribution is -2.47. The third kappa shape index (κ3) is 4.86. The number of rotatable bonds is 7. The predicted molar refractivity (Wildman–Crippen MR) is 137 cm³/mol. The number of nitrogens with zero attached hydrogens (tertiary/aromatic N) is 1. The Morgan fingerprint density at radius 3 is 2.44 bits per heavy atom. The van der Waals surface area contributed by atoms with E-state index in [1.807, 2.05) is 19.1 Å². The number of halogens is 2. The second-order valence-electron chi connectivity index (χ2n) is 9.90. The van der Waals surface area contributed by atoms with Crippen LogP contribution in [0.5, 0.6) is 0 Å². The SMILES string of the molecule is Cc1cc(C2=C(c3ccc(CC4CN(CCCF)C4)cc3)c3ccccc3CCC2)ccc1F. The van der Waals surface area contributed by atoms with Crippen LogP contribution < -0.4 is 0 Å². The molecule has 0 spiro atoms. The van der Waals surface area contributed by atoms with E-state index in [9.17, 15) is 8.78 Å². The van der Waals surface area contributed by atoms with Gasteiger partial charge in [-0.25, -0.2) is 4.39 Å². The highest BCUT2D eigenvalue weighted by molar-refractivity contribution is 5.99. The van der Waals surface area contributed by atoms with Crippen molar-refractivity contribution in [2.75, 3.05) is 26.3 Å². The summed E-state index contributed by atoms with van der Waals surface area (Å²) in [6.45, 7) is 4.66. The van der Waals surface area contributed by atoms with Crippen molar-refractivity contribution in [3.05, 3.63) is 106 Å². The molecule has 5 rings (SSSR count). The summed E-state index contributed by atoms with van der Waals surface area (Å²) >= 11 is 0. The van der Waals surface area contributed by atoms with E-state index in [1.54, 1.807) is 6.07 Å². The van der Waals surface area contributed by atoms with Crippen LogP contribution in [0, 0.1) is 18.7 Å². The highest BCUT2D eigenvalue weighted by atomic mass is 19.1. The molecule has 0 bridgehead atoms. The van der Waals surface area contributed by atoms with E-state index in [4.69, 9.17) is 0 Å². The van der Waals surface area contributed by atoms with Crippen molar-refractivity contribution >= 4 is 11.1 Å². The van der Waals surface area contributed by atoms with Gasteiger partial charge in [0.05, 0.1) is 6.67 Å². The van der Waals surface area contributed by atoms with E-state index in [-0.39, 0.29) is 12.5 Å². The van der Waals surface area contributed by atoms with E-state index in [2.05, 4.69) is 53.4 Å². The van der Waals surface area contributed by atoms with Gasteiger partial charge in [-0.3, -0.25) is 4.39 Å². The molecular weight excluding hydrogens is 424 g/mol. The molecule has 0 radical (unpaired) electrons. The minimum Gasteiger partial charge on any atom is -0.303 e. The quantitative estimate of drug-likeness (QED) is 0.361. The average molecular weight is 458 g/mol. The van der Waals surface area contributed by atoms with Crippen LogP contribution in [-0.2, 0) is 12.8 Å². The zero-order chi connectivity index (χ0) is 23.5. The second-order valence-corrected chi connectivity index (χ2v) is 9.90. The number of hydrogen-bond acceptors (Lipinski definition) is 1. The Balaban J connectivity index is 1.46. The first kappa shape index (κ1) is 23.0. The Kier molecular flexibility index (Phi) is 6.92. The lowest BCUT2D eigenvalue weighted by atomic mass is 9.86. The number of hydrogen-bond donors (Lipinski definition) is 0. The maximum absolute atomic E-state index is 14.0. The van der Waals surface area contributed by atoms with Crippen LogP contribution in [-0.4, -0.2) is 31.2 Å². The van der Waals surface area contributed by atoms with Crippen molar-refractivity contribution in [1.82, 2.24) is 4.90 Å². The Hall–Kier alpha value is -2.78. The van der Waals surface area contributed by atoms with E-state index >= 15 is 0 Å². The van der Waals surface area contributed by atoms with Crippen LogP contribution in [0.4, 0.5) is 8.78 Å². The molecule has 3 aromatic rings. The molecule has 0 atom stereocenters. The molecule has 0 aromatic heterocycles. The zero-order valence-corrected chi connectivity index (χ0v) is 20.0. The maximum atomic E-state index is 14.0. The molecule has 2 aliphatic rings. The molecule has 3 aromatic carbocycles. The third-order valence-electron chi connectivity index (χ3n) is 7.38. The fourth-order valence-electron chi connectivity index (χ4n) is 5.59. The number of aryl methyl sites for hydroxylation is 2. The summed E-state index contributed by atoms with van der Waals surface area (Å²) in [5, 5.41) is 0. The summed E-state index contributed by atoms with van der Waals surface area (Å²) in [6, 6.07) is 23.3. The van der Waals surface area contributed by atoms with Gasteiger partial charge in [0.1, 0.15) is 5.82 Å². The van der Waals surface area contributed by atoms with Crippen LogP contribution in [0.2, 0.25) is 0 Å². The van der Waals surface area contributed by atoms with Crippen molar-refractivity contribution in [3.63, 3.8) is 0 Å². The van der Waals surface area contributed by atoms with Gasteiger partial charge in [0.25, 0.3) is 0 Å². The van der Waals surface area contributed by atoms with Gasteiger partial charge in [0.15, 0.2) is 0 Å². The minimum atomic E-state index is -0.221. The van der Waals surface area contributed by atoms with Crippen LogP contribution >= 0.6 is 0 Å². The van der Waals surface area contributed by atoms with Crippen molar-refractivity contribution in [1.29, 1.82) is 0 Å². The van der Waals surface area contributed by atoms with Gasteiger partial charge in [-0.1, -0.05) is 54.6 Å². The molecule has 1 heterocycles. The zero-order valence-electron chi connectivity index (χ0n) is 20.0. The van der Waals surface area contributed by atoms with E-state index in [1.165, 1.54) is 33.4 Å². The largest absolute Gasteiger partial charge is 0.303 e. The molecule has 176 valence electrons. The lowest BCUT2D eigenvalue weighted by Gasteiger charge is -2.39. The standard InChI is InChI=1S/C31H33F2N/c1-22-18-27(14-15-30(22)33)29-9-4-7-25-6-2-3-8-28(25)31(29)26-12-10-23(11-13-26)19-24-20-34(21-24)17-5-16-32/h2-3,6,8,10-15,18,24H,4-5,7,9,16-17,19-21H2,1H3. The first-order valence-electron chi connectivity index (χ1n) is 12.6. The minimum absolute atomic E-state index is 0.150. The van der Waals surface area contributed by atoms with Crippen LogP contribution in [0.15, 0.2) is 66.7 Å². The maximum Gasteiger partial charge on any atom is 0.126 e. The van der Waals surface area contributed by atoms with Crippen molar-refractivity contribution in [2.45, 2.75) is 39.0 Å². The van der Waals surface area contributed by atoms with Crippen LogP contribution in [0.25, 0.3) is 11.1 Å². The highest BCUT2D eigenvalue weighted by Gasteiger charge is 2.26. The van der Waals surface area contributed by atoms with E-state index in [0.29, 0.717) is 17.9 Å². The fourth-order valence-corrected chi connectivity index (χ4v) is 5.59. The molecule has 0 amide bonds. The van der Waals surface area contributed by atoms with Crippen LogP contribution in [0.1, 0.15) is 52.6 Å². The summed E-state index contributed by atoms with van der Waals surface area (Å²) in [5.41, 5.74) is 9.69. The first-order chi connectivity index (χ1) is 16.6. The van der Waals surface area contributed by atoms with Gasteiger partial charge < -0.3 is 4.90 Å². The molecular formula is C31H33F2N. The monoisotopic (exact) mass is 457 g/mol. The highest BCUT2D eigenvalue weighted by Crippen LogP contribution is 2.40. The molecule has 1 saturated heterocycles. The summed E-state index contributed by atoms with van der Waals surface area (Å²) in [6.07, 6.45) is 4.85. The van der Waals surface area contributed by atoms with Gasteiger partial charge in [0, 0.05) is 19.6 Å². The molecule has 0 N–H and O–H groups in total. The molecule has 1 aliphatic carbocycles. The third-order valence-corrected chi connectivity index (χ3v) is 7.38. The van der Waals surface area contributed by atoms with Gasteiger partial charge in [0.2, 0.25) is 0 Å². The Morgan fingerprint density at radius 2 is 1.68 bits per heavy atom. The lowest BCUT2D eigenvalue weighted by molar-refractivity contribution is 0.0968. The van der Waals surface area contributed by atoms with Gasteiger partial charge in [-0.2, -0.15) is 0 Å². The number of likely N-dealkylation sites (tertiary alicyclic amines) is 1. The number of benzene rings is 3. The molecule has 0 saturated carbocycles. The van der Waals surface area contributed by atoms with E-state index < -0.39 is 0 Å².